The third-order valence-electron chi connectivity index (χ3n) is 2.72. The van der Waals surface area contributed by atoms with Crippen LogP contribution in [0.2, 0.25) is 10.0 Å². The minimum Gasteiger partial charge on any atom is -0.323 e. The Labute approximate surface area is 129 Å². The van der Waals surface area contributed by atoms with Gasteiger partial charge in [0.05, 0.1) is 5.02 Å². The lowest BCUT2D eigenvalue weighted by Crippen LogP contribution is -2.12. The van der Waals surface area contributed by atoms with Crippen LogP contribution in [0.3, 0.4) is 0 Å². The molecule has 0 aliphatic rings. The molecule has 0 saturated heterocycles. The summed E-state index contributed by atoms with van der Waals surface area (Å²) in [5.74, 6) is 0. The van der Waals surface area contributed by atoms with Gasteiger partial charge in [0, 0.05) is 20.4 Å². The molecule has 1 unspecified atom stereocenters. The molecule has 0 radical (unpaired) electrons. The van der Waals surface area contributed by atoms with Gasteiger partial charge < -0.3 is 5.73 Å². The predicted molar refractivity (Wildman–Crippen MR) is 83.9 cm³/mol. The molecule has 5 heteroatoms. The Balaban J connectivity index is 2.21. The molecule has 1 atom stereocenters. The van der Waals surface area contributed by atoms with Gasteiger partial charge >= 0.3 is 0 Å². The van der Waals surface area contributed by atoms with Crippen LogP contribution in [0, 0.1) is 6.92 Å². The number of benzene rings is 1. The largest absolute Gasteiger partial charge is 0.323 e. The first-order valence-corrected chi connectivity index (χ1v) is 7.85. The van der Waals surface area contributed by atoms with Crippen LogP contribution in [-0.2, 0) is 6.42 Å². The normalized spacial score (nSPS) is 12.7. The second-order valence-corrected chi connectivity index (χ2v) is 6.76. The summed E-state index contributed by atoms with van der Waals surface area (Å²) in [4.78, 5) is 1.02. The SMILES string of the molecule is Cc1csc(C(N)Cc2ccc(Br)cc2Cl)c1Cl. The fourth-order valence-electron chi connectivity index (χ4n) is 1.72. The van der Waals surface area contributed by atoms with E-state index in [0.717, 1.165) is 30.5 Å². The smallest absolute Gasteiger partial charge is 0.0590 e. The number of rotatable bonds is 3. The summed E-state index contributed by atoms with van der Waals surface area (Å²) >= 11 is 17.4. The van der Waals surface area contributed by atoms with Crippen LogP contribution in [0.5, 0.6) is 0 Å². The van der Waals surface area contributed by atoms with E-state index in [2.05, 4.69) is 15.9 Å². The molecule has 0 saturated carbocycles. The van der Waals surface area contributed by atoms with E-state index in [1.165, 1.54) is 0 Å². The Hall–Kier alpha value is -0.0600. The number of hydrogen-bond acceptors (Lipinski definition) is 2. The van der Waals surface area contributed by atoms with Crippen molar-refractivity contribution >= 4 is 50.5 Å². The summed E-state index contributed by atoms with van der Waals surface area (Å²) in [7, 11) is 0. The quantitative estimate of drug-likeness (QED) is 0.778. The zero-order valence-electron chi connectivity index (χ0n) is 9.71. The molecule has 1 heterocycles. The Morgan fingerprint density at radius 3 is 2.67 bits per heavy atom. The minimum absolute atomic E-state index is 0.116. The third kappa shape index (κ3) is 3.09. The highest BCUT2D eigenvalue weighted by atomic mass is 79.9. The van der Waals surface area contributed by atoms with Crippen molar-refractivity contribution < 1.29 is 0 Å². The number of halogens is 3. The molecular weight excluding hydrogens is 353 g/mol. The van der Waals surface area contributed by atoms with Gasteiger partial charge in [-0.1, -0.05) is 45.2 Å². The number of hydrogen-bond donors (Lipinski definition) is 1. The van der Waals surface area contributed by atoms with Gasteiger partial charge in [-0.3, -0.25) is 0 Å². The van der Waals surface area contributed by atoms with Crippen molar-refractivity contribution in [3.8, 4) is 0 Å². The summed E-state index contributed by atoms with van der Waals surface area (Å²) < 4.78 is 0.967. The molecule has 1 nitrogen and oxygen atoms in total. The molecule has 2 aromatic rings. The molecule has 2 N–H and O–H groups in total. The minimum atomic E-state index is -0.116. The summed E-state index contributed by atoms with van der Waals surface area (Å²) in [6.45, 7) is 1.99. The van der Waals surface area contributed by atoms with E-state index in [-0.39, 0.29) is 6.04 Å². The summed E-state index contributed by atoms with van der Waals surface area (Å²) in [5, 5.41) is 3.53. The number of thiophene rings is 1. The van der Waals surface area contributed by atoms with Crippen LogP contribution < -0.4 is 5.73 Å². The Morgan fingerprint density at radius 1 is 1.39 bits per heavy atom. The Kier molecular flexibility index (Phi) is 4.73. The molecule has 0 fully saturated rings. The van der Waals surface area contributed by atoms with Crippen molar-refractivity contribution in [2.75, 3.05) is 0 Å². The first kappa shape index (κ1) is 14.4. The second kappa shape index (κ2) is 5.93. The van der Waals surface area contributed by atoms with Crippen LogP contribution in [0.25, 0.3) is 0 Å². The highest BCUT2D eigenvalue weighted by Crippen LogP contribution is 2.34. The van der Waals surface area contributed by atoms with Gasteiger partial charge in [-0.05, 0) is 42.0 Å². The van der Waals surface area contributed by atoms with Gasteiger partial charge in [-0.2, -0.15) is 0 Å². The molecule has 2 rings (SSSR count). The highest BCUT2D eigenvalue weighted by Gasteiger charge is 2.16. The molecule has 96 valence electrons. The lowest BCUT2D eigenvalue weighted by Gasteiger charge is -2.12. The van der Waals surface area contributed by atoms with Gasteiger partial charge in [-0.15, -0.1) is 11.3 Å². The zero-order valence-corrected chi connectivity index (χ0v) is 13.6. The molecular formula is C13H12BrCl2NS. The van der Waals surface area contributed by atoms with E-state index in [9.17, 15) is 0 Å². The van der Waals surface area contributed by atoms with Gasteiger partial charge in [0.1, 0.15) is 0 Å². The average molecular weight is 365 g/mol. The molecule has 1 aromatic carbocycles. The van der Waals surface area contributed by atoms with Gasteiger partial charge in [0.2, 0.25) is 0 Å². The maximum absolute atomic E-state index is 6.22. The topological polar surface area (TPSA) is 26.0 Å². The fraction of sp³-hybridized carbons (Fsp3) is 0.231. The van der Waals surface area contributed by atoms with Crippen molar-refractivity contribution in [2.45, 2.75) is 19.4 Å². The van der Waals surface area contributed by atoms with E-state index >= 15 is 0 Å². The van der Waals surface area contributed by atoms with Crippen LogP contribution in [0.1, 0.15) is 22.0 Å². The van der Waals surface area contributed by atoms with Crippen LogP contribution in [0.4, 0.5) is 0 Å². The van der Waals surface area contributed by atoms with Crippen molar-refractivity contribution in [1.29, 1.82) is 0 Å². The first-order chi connectivity index (χ1) is 8.49. The lowest BCUT2D eigenvalue weighted by molar-refractivity contribution is 0.736. The summed E-state index contributed by atoms with van der Waals surface area (Å²) in [6, 6.07) is 5.72. The molecule has 0 aliphatic heterocycles. The molecule has 0 bridgehead atoms. The zero-order chi connectivity index (χ0) is 13.3. The van der Waals surface area contributed by atoms with Gasteiger partial charge in [-0.25, -0.2) is 0 Å². The summed E-state index contributed by atoms with van der Waals surface area (Å²) in [5.41, 5.74) is 8.32. The van der Waals surface area contributed by atoms with Crippen molar-refractivity contribution in [2.24, 2.45) is 5.73 Å². The van der Waals surface area contributed by atoms with Crippen LogP contribution in [0.15, 0.2) is 28.1 Å². The average Bonchev–Trinajstić information content (AvgIpc) is 2.64. The van der Waals surface area contributed by atoms with E-state index in [1.54, 1.807) is 11.3 Å². The Bertz CT molecular complexity index is 568. The van der Waals surface area contributed by atoms with E-state index < -0.39 is 0 Å². The van der Waals surface area contributed by atoms with E-state index in [4.69, 9.17) is 28.9 Å². The molecule has 0 spiro atoms. The van der Waals surface area contributed by atoms with Gasteiger partial charge in [0.15, 0.2) is 0 Å². The molecule has 0 amide bonds. The van der Waals surface area contributed by atoms with Crippen molar-refractivity contribution in [1.82, 2.24) is 0 Å². The third-order valence-corrected chi connectivity index (χ3v) is 5.41. The predicted octanol–water partition coefficient (Wildman–Crippen LogP) is 5.37. The van der Waals surface area contributed by atoms with Crippen molar-refractivity contribution in [3.05, 3.63) is 54.1 Å². The Morgan fingerprint density at radius 2 is 2.11 bits per heavy atom. The standard InChI is InChI=1S/C13H12BrCl2NS/c1-7-6-18-13(12(7)16)11(17)4-8-2-3-9(14)5-10(8)15/h2-3,5-6,11H,4,17H2,1H3. The second-order valence-electron chi connectivity index (χ2n) is 4.14. The van der Waals surface area contributed by atoms with Crippen molar-refractivity contribution in [3.63, 3.8) is 0 Å². The molecule has 0 aliphatic carbocycles. The van der Waals surface area contributed by atoms with Crippen LogP contribution in [-0.4, -0.2) is 0 Å². The maximum Gasteiger partial charge on any atom is 0.0590 e. The van der Waals surface area contributed by atoms with E-state index in [0.29, 0.717) is 6.42 Å². The van der Waals surface area contributed by atoms with Crippen LogP contribution >= 0.6 is 50.5 Å². The fourth-order valence-corrected chi connectivity index (χ4v) is 3.80. The highest BCUT2D eigenvalue weighted by molar-refractivity contribution is 9.10. The monoisotopic (exact) mass is 363 g/mol. The first-order valence-electron chi connectivity index (χ1n) is 5.42. The number of nitrogens with two attached hydrogens (primary N) is 1. The number of aryl methyl sites for hydroxylation is 1. The summed E-state index contributed by atoms with van der Waals surface area (Å²) in [6.07, 6.45) is 0.686. The van der Waals surface area contributed by atoms with Gasteiger partial charge in [0.25, 0.3) is 0 Å². The lowest BCUT2D eigenvalue weighted by atomic mass is 10.0. The molecule has 1 aromatic heterocycles. The maximum atomic E-state index is 6.22. The van der Waals surface area contributed by atoms with E-state index in [1.807, 2.05) is 30.5 Å². The molecule has 18 heavy (non-hydrogen) atoms.